The highest BCUT2D eigenvalue weighted by molar-refractivity contribution is 9.10. The van der Waals surface area contributed by atoms with Gasteiger partial charge in [-0.2, -0.15) is 0 Å². The number of hydrogen-bond donors (Lipinski definition) is 0. The Balaban J connectivity index is 1.62. The summed E-state index contributed by atoms with van der Waals surface area (Å²) in [4.78, 5) is 54.5. The van der Waals surface area contributed by atoms with Gasteiger partial charge < -0.3 is 9.80 Å². The van der Waals surface area contributed by atoms with E-state index in [0.29, 0.717) is 60.5 Å². The minimum absolute atomic E-state index is 0.107. The van der Waals surface area contributed by atoms with E-state index >= 15 is 0 Å². The van der Waals surface area contributed by atoms with Crippen LogP contribution in [-0.4, -0.2) is 71.1 Å². The smallest absolute Gasteiger partial charge is 0.262 e. The number of fused-ring (bicyclic) bond motifs is 1. The number of rotatable bonds is 4. The molecule has 0 saturated carbocycles. The van der Waals surface area contributed by atoms with Gasteiger partial charge in [0.05, 0.1) is 11.1 Å². The SMILES string of the molecule is CC(C)CC(=O)N1CCCN(C(=O)CN2C(=O)c3ccc(Br)cc3C2=O)CC1. The van der Waals surface area contributed by atoms with Crippen LogP contribution in [0.5, 0.6) is 0 Å². The normalized spacial score (nSPS) is 17.2. The van der Waals surface area contributed by atoms with Crippen LogP contribution in [0.4, 0.5) is 0 Å². The van der Waals surface area contributed by atoms with Crippen LogP contribution < -0.4 is 0 Å². The van der Waals surface area contributed by atoms with Crippen molar-refractivity contribution in [1.82, 2.24) is 14.7 Å². The number of nitrogens with zero attached hydrogens (tertiary/aromatic N) is 3. The third kappa shape index (κ3) is 4.27. The molecule has 4 amide bonds. The van der Waals surface area contributed by atoms with E-state index in [1.165, 1.54) is 0 Å². The van der Waals surface area contributed by atoms with Gasteiger partial charge in [0.2, 0.25) is 11.8 Å². The Morgan fingerprint density at radius 1 is 0.964 bits per heavy atom. The summed E-state index contributed by atoms with van der Waals surface area (Å²) in [6, 6.07) is 4.89. The molecule has 0 aromatic heterocycles. The predicted octanol–water partition coefficient (Wildman–Crippen LogP) is 2.15. The van der Waals surface area contributed by atoms with Gasteiger partial charge in [-0.1, -0.05) is 29.8 Å². The van der Waals surface area contributed by atoms with Crippen molar-refractivity contribution in [2.45, 2.75) is 26.7 Å². The van der Waals surface area contributed by atoms with Crippen LogP contribution in [0.1, 0.15) is 47.4 Å². The number of imide groups is 1. The zero-order valence-corrected chi connectivity index (χ0v) is 17.7. The summed E-state index contributed by atoms with van der Waals surface area (Å²) in [6.45, 7) is 5.77. The Hall–Kier alpha value is -2.22. The maximum Gasteiger partial charge on any atom is 0.262 e. The summed E-state index contributed by atoms with van der Waals surface area (Å²) >= 11 is 3.30. The zero-order valence-electron chi connectivity index (χ0n) is 16.1. The van der Waals surface area contributed by atoms with Gasteiger partial charge >= 0.3 is 0 Å². The van der Waals surface area contributed by atoms with Crippen molar-refractivity contribution >= 4 is 39.6 Å². The molecule has 0 radical (unpaired) electrons. The molecule has 1 saturated heterocycles. The molecule has 150 valence electrons. The average Bonchev–Trinajstić information content (AvgIpc) is 2.83. The van der Waals surface area contributed by atoms with E-state index in [2.05, 4.69) is 15.9 Å². The minimum Gasteiger partial charge on any atom is -0.341 e. The Kier molecular flexibility index (Phi) is 6.17. The van der Waals surface area contributed by atoms with Crippen LogP contribution in [-0.2, 0) is 9.59 Å². The number of hydrogen-bond acceptors (Lipinski definition) is 4. The van der Waals surface area contributed by atoms with E-state index in [1.54, 1.807) is 28.0 Å². The molecule has 28 heavy (non-hydrogen) atoms. The van der Waals surface area contributed by atoms with Crippen molar-refractivity contribution in [3.05, 3.63) is 33.8 Å². The molecule has 0 spiro atoms. The zero-order chi connectivity index (χ0) is 20.4. The molecule has 2 aliphatic rings. The molecule has 1 aromatic rings. The fourth-order valence-electron chi connectivity index (χ4n) is 3.54. The van der Waals surface area contributed by atoms with Crippen LogP contribution in [0.2, 0.25) is 0 Å². The molecule has 0 aliphatic carbocycles. The van der Waals surface area contributed by atoms with Gasteiger partial charge in [-0.15, -0.1) is 0 Å². The summed E-state index contributed by atoms with van der Waals surface area (Å²) in [5.41, 5.74) is 0.635. The fourth-order valence-corrected chi connectivity index (χ4v) is 3.90. The monoisotopic (exact) mass is 449 g/mol. The molecule has 1 aromatic carbocycles. The Morgan fingerprint density at radius 2 is 1.57 bits per heavy atom. The molecular formula is C20H24BrN3O4. The van der Waals surface area contributed by atoms with Crippen LogP contribution in [0.25, 0.3) is 0 Å². The second-order valence-electron chi connectivity index (χ2n) is 7.60. The fraction of sp³-hybridized carbons (Fsp3) is 0.500. The highest BCUT2D eigenvalue weighted by Crippen LogP contribution is 2.26. The number of carbonyl (C=O) groups is 4. The quantitative estimate of drug-likeness (QED) is 0.659. The van der Waals surface area contributed by atoms with E-state index in [1.807, 2.05) is 13.8 Å². The van der Waals surface area contributed by atoms with E-state index in [-0.39, 0.29) is 18.4 Å². The van der Waals surface area contributed by atoms with Crippen LogP contribution in [0.15, 0.2) is 22.7 Å². The molecule has 0 bridgehead atoms. The second kappa shape index (κ2) is 8.43. The first kappa shape index (κ1) is 20.5. The number of halogens is 1. The topological polar surface area (TPSA) is 78.0 Å². The highest BCUT2D eigenvalue weighted by Gasteiger charge is 2.37. The molecule has 7 nitrogen and oxygen atoms in total. The van der Waals surface area contributed by atoms with Crippen LogP contribution in [0, 0.1) is 5.92 Å². The van der Waals surface area contributed by atoms with Gasteiger partial charge in [0.1, 0.15) is 6.54 Å². The molecule has 8 heteroatoms. The number of carbonyl (C=O) groups excluding carboxylic acids is 4. The van der Waals surface area contributed by atoms with E-state index in [4.69, 9.17) is 0 Å². The first-order valence-electron chi connectivity index (χ1n) is 9.49. The first-order chi connectivity index (χ1) is 13.3. The lowest BCUT2D eigenvalue weighted by atomic mass is 10.1. The molecule has 2 aliphatic heterocycles. The van der Waals surface area contributed by atoms with Gasteiger partial charge in [0.25, 0.3) is 11.8 Å². The minimum atomic E-state index is -0.446. The number of amides is 4. The predicted molar refractivity (Wildman–Crippen MR) is 107 cm³/mol. The van der Waals surface area contributed by atoms with Crippen molar-refractivity contribution in [3.8, 4) is 0 Å². The second-order valence-corrected chi connectivity index (χ2v) is 8.52. The lowest BCUT2D eigenvalue weighted by Gasteiger charge is -2.24. The van der Waals surface area contributed by atoms with Crippen molar-refractivity contribution < 1.29 is 19.2 Å². The molecule has 3 rings (SSSR count). The summed E-state index contributed by atoms with van der Waals surface area (Å²) in [5, 5.41) is 0. The standard InChI is InChI=1S/C20H24BrN3O4/c1-13(2)10-17(25)22-6-3-7-23(9-8-22)18(26)12-24-19(27)15-5-4-14(21)11-16(15)20(24)28/h4-5,11,13H,3,6-10,12H2,1-2H3. The van der Waals surface area contributed by atoms with Gasteiger partial charge in [0, 0.05) is 37.1 Å². The Bertz CT molecular complexity index is 824. The summed E-state index contributed by atoms with van der Waals surface area (Å²) in [7, 11) is 0. The maximum absolute atomic E-state index is 12.7. The maximum atomic E-state index is 12.7. The molecule has 0 unspecified atom stereocenters. The molecule has 2 heterocycles. The summed E-state index contributed by atoms with van der Waals surface area (Å²) < 4.78 is 0.708. The molecule has 1 fully saturated rings. The number of benzene rings is 1. The average molecular weight is 450 g/mol. The highest BCUT2D eigenvalue weighted by atomic mass is 79.9. The molecule has 0 N–H and O–H groups in total. The van der Waals surface area contributed by atoms with Gasteiger partial charge in [-0.3, -0.25) is 24.1 Å². The molecule has 0 atom stereocenters. The van der Waals surface area contributed by atoms with Gasteiger partial charge in [-0.05, 0) is 30.5 Å². The molecular weight excluding hydrogens is 426 g/mol. The lowest BCUT2D eigenvalue weighted by molar-refractivity contribution is -0.134. The summed E-state index contributed by atoms with van der Waals surface area (Å²) in [6.07, 6.45) is 1.18. The van der Waals surface area contributed by atoms with E-state index < -0.39 is 11.8 Å². The van der Waals surface area contributed by atoms with Gasteiger partial charge in [0.15, 0.2) is 0 Å². The lowest BCUT2D eigenvalue weighted by Crippen LogP contribution is -2.44. The third-order valence-corrected chi connectivity index (χ3v) is 5.50. The third-order valence-electron chi connectivity index (χ3n) is 5.01. The van der Waals surface area contributed by atoms with Crippen LogP contribution >= 0.6 is 15.9 Å². The van der Waals surface area contributed by atoms with Crippen molar-refractivity contribution in [2.75, 3.05) is 32.7 Å². The first-order valence-corrected chi connectivity index (χ1v) is 10.3. The summed E-state index contributed by atoms with van der Waals surface area (Å²) in [5.74, 6) is -0.757. The van der Waals surface area contributed by atoms with E-state index in [0.717, 1.165) is 4.90 Å². The Morgan fingerprint density at radius 3 is 2.21 bits per heavy atom. The van der Waals surface area contributed by atoms with E-state index in [9.17, 15) is 19.2 Å². The van der Waals surface area contributed by atoms with Crippen molar-refractivity contribution in [1.29, 1.82) is 0 Å². The van der Waals surface area contributed by atoms with Crippen LogP contribution in [0.3, 0.4) is 0 Å². The van der Waals surface area contributed by atoms with Crippen molar-refractivity contribution in [2.24, 2.45) is 5.92 Å². The largest absolute Gasteiger partial charge is 0.341 e. The van der Waals surface area contributed by atoms with Crippen molar-refractivity contribution in [3.63, 3.8) is 0 Å². The van der Waals surface area contributed by atoms with Gasteiger partial charge in [-0.25, -0.2) is 0 Å². The Labute approximate surface area is 172 Å².